The lowest BCUT2D eigenvalue weighted by molar-refractivity contribution is 0.583. The van der Waals surface area contributed by atoms with Gasteiger partial charge in [0.25, 0.3) is 0 Å². The Hall–Kier alpha value is -1.72. The number of rotatable bonds is 3. The second-order valence-corrected chi connectivity index (χ2v) is 19.0. The first-order valence-electron chi connectivity index (χ1n) is 11.6. The molecule has 0 bridgehead atoms. The molecule has 10 aromatic heterocycles. The molecule has 194 valence electrons. The molecule has 0 amide bonds. The topological polar surface area (TPSA) is 25.8 Å². The Morgan fingerprint density at radius 3 is 1.35 bits per heavy atom. The quantitative estimate of drug-likeness (QED) is 0.183. The van der Waals surface area contributed by atoms with Gasteiger partial charge in [-0.05, 0) is 35.0 Å². The molecule has 10 aromatic rings. The predicted octanol–water partition coefficient (Wildman–Crippen LogP) is 13.3. The monoisotopic (exact) mass is 704 g/mol. The van der Waals surface area contributed by atoms with E-state index in [0.717, 1.165) is 9.75 Å². The van der Waals surface area contributed by atoms with Gasteiger partial charge >= 0.3 is 0 Å². The van der Waals surface area contributed by atoms with Crippen molar-refractivity contribution in [3.05, 3.63) is 46.9 Å². The second kappa shape index (κ2) is 8.43. The third kappa shape index (κ3) is 3.23. The molecule has 0 fully saturated rings. The van der Waals surface area contributed by atoms with Gasteiger partial charge in [-0.25, -0.2) is 9.97 Å². The van der Waals surface area contributed by atoms with Gasteiger partial charge < -0.3 is 0 Å². The van der Waals surface area contributed by atoms with Crippen LogP contribution < -0.4 is 0 Å². The number of hydrogen-bond donors (Lipinski definition) is 0. The first kappa shape index (κ1) is 23.8. The fraction of sp³-hybridized carbons (Fsp3) is 0. The van der Waals surface area contributed by atoms with Gasteiger partial charge in [0.2, 0.25) is 11.9 Å². The Labute approximate surface area is 262 Å². The van der Waals surface area contributed by atoms with Crippen molar-refractivity contribution in [1.29, 1.82) is 0 Å². The van der Waals surface area contributed by atoms with Crippen LogP contribution in [0.2, 0.25) is 0 Å². The predicted molar refractivity (Wildman–Crippen MR) is 182 cm³/mol. The highest BCUT2D eigenvalue weighted by Gasteiger charge is 2.25. The molecular formula is C26H6F2N2S10. The average molecular weight is 705 g/mol. The summed E-state index contributed by atoms with van der Waals surface area (Å²) in [4.78, 5) is 10.7. The Morgan fingerprint density at radius 1 is 0.450 bits per heavy atom. The molecule has 0 saturated heterocycles. The van der Waals surface area contributed by atoms with E-state index in [-0.39, 0.29) is 9.75 Å². The summed E-state index contributed by atoms with van der Waals surface area (Å²) < 4.78 is 45.8. The second-order valence-electron chi connectivity index (χ2n) is 8.84. The highest BCUT2D eigenvalue weighted by molar-refractivity contribution is 7.46. The molecule has 2 nitrogen and oxygen atoms in total. The lowest BCUT2D eigenvalue weighted by Crippen LogP contribution is -1.80. The molecule has 10 heterocycles. The van der Waals surface area contributed by atoms with Gasteiger partial charge in [0.05, 0.1) is 47.4 Å². The minimum atomic E-state index is -0.639. The molecule has 0 unspecified atom stereocenters. The summed E-state index contributed by atoms with van der Waals surface area (Å²) in [6.07, 6.45) is 0. The zero-order chi connectivity index (χ0) is 26.3. The third-order valence-electron chi connectivity index (χ3n) is 6.54. The van der Waals surface area contributed by atoms with Crippen LogP contribution in [0, 0.1) is 11.9 Å². The molecule has 0 saturated carbocycles. The van der Waals surface area contributed by atoms with Crippen LogP contribution in [0.3, 0.4) is 0 Å². The molecule has 0 spiro atoms. The summed E-state index contributed by atoms with van der Waals surface area (Å²) >= 11 is 16.4. The number of aromatic nitrogens is 2. The number of halogens is 2. The maximum absolute atomic E-state index is 15.2. The summed E-state index contributed by atoms with van der Waals surface area (Å²) in [6.45, 7) is 0. The Kier molecular flexibility index (Phi) is 5.02. The number of nitrogens with zero attached hydrogens (tertiary/aromatic N) is 2. The first-order valence-corrected chi connectivity index (χ1v) is 19.9. The Balaban J connectivity index is 1.04. The van der Waals surface area contributed by atoms with Crippen LogP contribution in [-0.4, -0.2) is 9.97 Å². The average Bonchev–Trinajstić information content (AvgIpc) is 3.73. The van der Waals surface area contributed by atoms with E-state index in [1.165, 1.54) is 79.1 Å². The van der Waals surface area contributed by atoms with Gasteiger partial charge in [-0.2, -0.15) is 8.78 Å². The largest absolute Gasteiger partial charge is 0.233 e. The normalized spacial score (nSPS) is 12.8. The highest BCUT2D eigenvalue weighted by atomic mass is 32.1. The molecule has 0 aliphatic carbocycles. The van der Waals surface area contributed by atoms with Gasteiger partial charge in [-0.3, -0.25) is 0 Å². The van der Waals surface area contributed by atoms with E-state index in [4.69, 9.17) is 0 Å². The fourth-order valence-corrected chi connectivity index (χ4v) is 17.7. The molecule has 0 aromatic carbocycles. The van der Waals surface area contributed by atoms with E-state index in [1.54, 1.807) is 68.0 Å². The molecule has 0 atom stereocenters. The van der Waals surface area contributed by atoms with Crippen LogP contribution in [0.15, 0.2) is 35.0 Å². The smallest absolute Gasteiger partial charge is 0.206 e. The van der Waals surface area contributed by atoms with Gasteiger partial charge in [0.1, 0.15) is 19.8 Å². The van der Waals surface area contributed by atoms with Gasteiger partial charge in [-0.1, -0.05) is 0 Å². The molecule has 0 aliphatic heterocycles. The minimum absolute atomic E-state index is 0.217. The van der Waals surface area contributed by atoms with E-state index in [1.807, 2.05) is 22.7 Å². The highest BCUT2D eigenvalue weighted by Crippen LogP contribution is 2.53. The van der Waals surface area contributed by atoms with E-state index in [2.05, 4.69) is 45.0 Å². The van der Waals surface area contributed by atoms with E-state index in [0.29, 0.717) is 10.0 Å². The van der Waals surface area contributed by atoms with Gasteiger partial charge in [0, 0.05) is 18.8 Å². The number of fused-ring (bicyclic) bond motifs is 10. The van der Waals surface area contributed by atoms with Crippen LogP contribution >= 0.6 is 113 Å². The van der Waals surface area contributed by atoms with Crippen molar-refractivity contribution in [3.8, 4) is 29.5 Å². The van der Waals surface area contributed by atoms with Crippen LogP contribution in [-0.2, 0) is 0 Å². The molecule has 14 heteroatoms. The first-order chi connectivity index (χ1) is 19.6. The summed E-state index contributed by atoms with van der Waals surface area (Å²) in [5.41, 5.74) is 0. The zero-order valence-electron chi connectivity index (χ0n) is 19.2. The van der Waals surface area contributed by atoms with Crippen molar-refractivity contribution < 1.29 is 8.78 Å². The zero-order valence-corrected chi connectivity index (χ0v) is 27.4. The van der Waals surface area contributed by atoms with Gasteiger partial charge in [-0.15, -0.1) is 113 Å². The number of hydrogen-bond acceptors (Lipinski definition) is 12. The van der Waals surface area contributed by atoms with Crippen molar-refractivity contribution >= 4 is 170 Å². The fourth-order valence-electron chi connectivity index (χ4n) is 4.83. The standard InChI is InChI=1S/C26H6F2N2S10/c27-23-21(39-25(29-23)11-5-9-15(37-11)19-17(35-9)13-7(33-19)1-3-31-13)22-24(28)30-26(40-22)12-6-10-16(38-12)20-18(36-10)14-8(34-20)2-4-32-14/h1-6H. The maximum atomic E-state index is 15.2. The van der Waals surface area contributed by atoms with E-state index in [9.17, 15) is 0 Å². The Bertz CT molecular complexity index is 2420. The van der Waals surface area contributed by atoms with Crippen molar-refractivity contribution in [3.63, 3.8) is 0 Å². The Morgan fingerprint density at radius 2 is 0.875 bits per heavy atom. The lowest BCUT2D eigenvalue weighted by Gasteiger charge is -1.89. The summed E-state index contributed by atoms with van der Waals surface area (Å²) in [5.74, 6) is -1.28. The van der Waals surface area contributed by atoms with Crippen molar-refractivity contribution in [2.45, 2.75) is 0 Å². The van der Waals surface area contributed by atoms with Crippen LogP contribution in [0.1, 0.15) is 0 Å². The molecule has 0 aliphatic rings. The molecule has 0 radical (unpaired) electrons. The maximum Gasteiger partial charge on any atom is 0.233 e. The van der Waals surface area contributed by atoms with Crippen molar-refractivity contribution in [2.75, 3.05) is 0 Å². The van der Waals surface area contributed by atoms with Crippen LogP contribution in [0.25, 0.3) is 85.9 Å². The summed E-state index contributed by atoms with van der Waals surface area (Å²) in [6, 6.07) is 8.54. The molecule has 0 N–H and O–H groups in total. The molecule has 40 heavy (non-hydrogen) atoms. The van der Waals surface area contributed by atoms with Crippen LogP contribution in [0.4, 0.5) is 8.78 Å². The SMILES string of the molecule is Fc1nc(-c2cc3sc4c5sccc5sc4c3s2)sc1-c1sc(-c2cc3sc4c5sccc5sc4c3s2)nc1F. The van der Waals surface area contributed by atoms with E-state index < -0.39 is 11.9 Å². The van der Waals surface area contributed by atoms with E-state index >= 15 is 8.78 Å². The third-order valence-corrected chi connectivity index (χ3v) is 19.2. The summed E-state index contributed by atoms with van der Waals surface area (Å²) in [7, 11) is 0. The number of thiazole rings is 2. The van der Waals surface area contributed by atoms with Crippen molar-refractivity contribution in [1.82, 2.24) is 9.97 Å². The van der Waals surface area contributed by atoms with Crippen molar-refractivity contribution in [2.24, 2.45) is 0 Å². The molecule has 10 rings (SSSR count). The van der Waals surface area contributed by atoms with Gasteiger partial charge in [0.15, 0.2) is 0 Å². The minimum Gasteiger partial charge on any atom is -0.206 e. The molecular weight excluding hydrogens is 699 g/mol. The number of thiophene rings is 8. The summed E-state index contributed by atoms with van der Waals surface area (Å²) in [5, 5.41) is 5.43. The van der Waals surface area contributed by atoms with Crippen LogP contribution in [0.5, 0.6) is 0 Å². The lowest BCUT2D eigenvalue weighted by atomic mass is 10.4.